The Morgan fingerprint density at radius 3 is 1.85 bits per heavy atom. The van der Waals surface area contributed by atoms with Crippen LogP contribution in [0.4, 0.5) is 13.2 Å². The molecule has 1 fully saturated rings. The molecule has 1 aliphatic carbocycles. The molecule has 0 aliphatic heterocycles. The van der Waals surface area contributed by atoms with E-state index < -0.39 is 34.1 Å². The van der Waals surface area contributed by atoms with Gasteiger partial charge in [0.15, 0.2) is 0 Å². The van der Waals surface area contributed by atoms with Crippen LogP contribution in [0.25, 0.3) is 0 Å². The first kappa shape index (κ1) is 58.5. The normalized spacial score (nSPS) is 14.8. The number of hydrogen-bond acceptors (Lipinski definition) is 10. The first-order chi connectivity index (χ1) is 27.3. The monoisotopic (exact) mass is 1210 g/mol. The molecule has 0 amide bonds. The number of alkyl halides is 3. The Balaban J connectivity index is 0.000000804. The van der Waals surface area contributed by atoms with Gasteiger partial charge >= 0.3 is 24.1 Å². The molecule has 2 unspecified atom stereocenters. The fourth-order valence-corrected chi connectivity index (χ4v) is 7.74. The van der Waals surface area contributed by atoms with Crippen LogP contribution in [0.2, 0.25) is 0 Å². The van der Waals surface area contributed by atoms with Gasteiger partial charge in [-0.15, -0.1) is 0 Å². The molecule has 0 spiro atoms. The molecular formula is C42H63F3I3NO10S. The minimum Gasteiger partial charge on any atom is -0.748 e. The molecule has 0 bridgehead atoms. The van der Waals surface area contributed by atoms with Crippen LogP contribution < -0.4 is 4.90 Å². The highest BCUT2D eigenvalue weighted by Gasteiger charge is 2.44. The molecule has 11 nitrogen and oxygen atoms in total. The van der Waals surface area contributed by atoms with E-state index >= 15 is 0 Å². The Hall–Kier alpha value is -1.50. The van der Waals surface area contributed by atoms with E-state index in [1.54, 1.807) is 40.8 Å². The number of halogens is 6. The van der Waals surface area contributed by atoms with Gasteiger partial charge in [0.05, 0.1) is 46.4 Å². The molecule has 60 heavy (non-hydrogen) atoms. The number of phenolic OH excluding ortho intramolecular Hbond substituents is 1. The maximum absolute atomic E-state index is 12.7. The number of hydrogen-bond donors (Lipinski definition) is 2. The molecule has 1 aliphatic rings. The van der Waals surface area contributed by atoms with E-state index in [1.807, 2.05) is 113 Å². The lowest BCUT2D eigenvalue weighted by Crippen LogP contribution is -3.06. The van der Waals surface area contributed by atoms with Crippen molar-refractivity contribution >= 4 is 95.8 Å². The van der Waals surface area contributed by atoms with Crippen molar-refractivity contribution in [1.29, 1.82) is 0 Å². The lowest BCUT2D eigenvalue weighted by atomic mass is 9.90. The van der Waals surface area contributed by atoms with Crippen molar-refractivity contribution in [3.63, 3.8) is 0 Å². The van der Waals surface area contributed by atoms with Gasteiger partial charge in [0.1, 0.15) is 24.5 Å². The average molecular weight is 1210 g/mol. The number of carbonyl (C=O) groups is 3. The van der Waals surface area contributed by atoms with Crippen molar-refractivity contribution in [2.75, 3.05) is 33.0 Å². The molecule has 0 heterocycles. The van der Waals surface area contributed by atoms with Crippen molar-refractivity contribution in [3.8, 4) is 5.75 Å². The summed E-state index contributed by atoms with van der Waals surface area (Å²) in [6, 6.07) is 10.4. The molecule has 2 N–H and O–H groups in total. The molecule has 0 saturated heterocycles. The standard InChI is InChI=1S/C12H22O2.C10H6F3I3O5S.C10H21NO2.C10H14O/c1-5-11(2,3)10(13)14-12(4)8-6-7-9-12;11-10(12,13)7(3-22(18,19)20)21-9(17)5-1-4(14)2-6(15)8(5)16;1-6-10(2,3)9(12)13-8-7-11(4)5;1-3-8(2)9-4-6-10(11)7-5-9/h5-9H2,1-4H3;1-2,7H,3H2,(H,18,19,20);6-8H2,1-5H3;4-8,11H,3H2,1-2H3. The van der Waals surface area contributed by atoms with Crippen molar-refractivity contribution in [3.05, 3.63) is 58.2 Å². The first-order valence-corrected chi connectivity index (χ1v) is 24.5. The summed E-state index contributed by atoms with van der Waals surface area (Å²) < 4.78 is 86.3. The van der Waals surface area contributed by atoms with E-state index in [0.717, 1.165) is 38.6 Å². The Bertz CT molecular complexity index is 1770. The second kappa shape index (κ2) is 26.3. The van der Waals surface area contributed by atoms with Crippen LogP contribution in [-0.4, -0.2) is 86.9 Å². The third-order valence-electron chi connectivity index (χ3n) is 9.97. The van der Waals surface area contributed by atoms with Gasteiger partial charge in [-0.3, -0.25) is 9.59 Å². The number of aromatic hydroxyl groups is 1. The second-order valence-electron chi connectivity index (χ2n) is 16.4. The molecule has 0 radical (unpaired) electrons. The van der Waals surface area contributed by atoms with E-state index in [0.29, 0.717) is 29.0 Å². The number of carbonyl (C=O) groups excluding carboxylic acids is 3. The summed E-state index contributed by atoms with van der Waals surface area (Å²) in [6.45, 7) is 19.6. The highest BCUT2D eigenvalue weighted by atomic mass is 127. The number of esters is 3. The lowest BCUT2D eigenvalue weighted by molar-refractivity contribution is -0.858. The number of nitrogens with one attached hydrogen (secondary N) is 1. The Labute approximate surface area is 396 Å². The Morgan fingerprint density at radius 2 is 1.42 bits per heavy atom. The summed E-state index contributed by atoms with van der Waals surface area (Å²) in [4.78, 5) is 36.5. The van der Waals surface area contributed by atoms with E-state index in [1.165, 1.54) is 29.4 Å². The fourth-order valence-electron chi connectivity index (χ4n) is 4.74. The molecular weight excluding hydrogens is 1150 g/mol. The van der Waals surface area contributed by atoms with Crippen LogP contribution in [0, 0.1) is 21.5 Å². The van der Waals surface area contributed by atoms with Crippen LogP contribution in [-0.2, 0) is 33.9 Å². The van der Waals surface area contributed by atoms with Gasteiger partial charge in [-0.05, 0) is 183 Å². The summed E-state index contributed by atoms with van der Waals surface area (Å²) >= 11 is 5.52. The molecule has 2 atom stereocenters. The third-order valence-corrected chi connectivity index (χ3v) is 14.3. The summed E-state index contributed by atoms with van der Waals surface area (Å²) in [5.41, 5.74) is 0.330. The molecule has 2 aromatic carbocycles. The largest absolute Gasteiger partial charge is 0.748 e. The maximum atomic E-state index is 12.7. The van der Waals surface area contributed by atoms with E-state index in [4.69, 9.17) is 14.6 Å². The van der Waals surface area contributed by atoms with Crippen LogP contribution in [0.3, 0.4) is 0 Å². The number of ether oxygens (including phenoxy) is 3. The van der Waals surface area contributed by atoms with Crippen molar-refractivity contribution < 1.29 is 64.7 Å². The second-order valence-corrected chi connectivity index (χ2v) is 21.4. The molecule has 344 valence electrons. The molecule has 0 aromatic heterocycles. The van der Waals surface area contributed by atoms with Gasteiger partial charge in [0.2, 0.25) is 6.10 Å². The first-order valence-electron chi connectivity index (χ1n) is 19.7. The fraction of sp³-hybridized carbons (Fsp3) is 0.643. The summed E-state index contributed by atoms with van der Waals surface area (Å²) in [5, 5.41) is 9.01. The van der Waals surface area contributed by atoms with E-state index in [2.05, 4.69) is 25.5 Å². The van der Waals surface area contributed by atoms with Gasteiger partial charge < -0.3 is 28.8 Å². The SMILES string of the molecule is CCC(C)(C)C(=O)OC1(C)CCCC1.CCC(C)(C)C(=O)OCC[NH+](C)C.CCC(C)c1ccc(O)cc1.O=C(OC(CS(=O)(=O)[O-])C(F)(F)F)c1cc(I)cc(I)c1I. The number of quaternary nitrogens is 1. The van der Waals surface area contributed by atoms with Crippen LogP contribution in [0.1, 0.15) is 129 Å². The Kier molecular flexibility index (Phi) is 25.7. The quantitative estimate of drug-likeness (QED) is 0.0613. The smallest absolute Gasteiger partial charge is 0.426 e. The molecule has 2 aromatic rings. The summed E-state index contributed by atoms with van der Waals surface area (Å²) in [6.07, 6.45) is -0.932. The zero-order valence-electron chi connectivity index (χ0n) is 36.5. The molecule has 18 heteroatoms. The van der Waals surface area contributed by atoms with Crippen LogP contribution in [0.15, 0.2) is 36.4 Å². The topological polar surface area (TPSA) is 161 Å². The predicted molar refractivity (Wildman–Crippen MR) is 251 cm³/mol. The third kappa shape index (κ3) is 22.7. The number of rotatable bonds is 14. The number of benzene rings is 2. The Morgan fingerprint density at radius 1 is 0.917 bits per heavy atom. The number of phenols is 1. The van der Waals surface area contributed by atoms with Crippen LogP contribution in [0.5, 0.6) is 5.75 Å². The summed E-state index contributed by atoms with van der Waals surface area (Å²) in [5.74, 6) is -2.39. The van der Waals surface area contributed by atoms with Gasteiger partial charge in [-0.1, -0.05) is 39.8 Å². The highest BCUT2D eigenvalue weighted by molar-refractivity contribution is 14.1. The minimum absolute atomic E-state index is 0.0376. The van der Waals surface area contributed by atoms with Gasteiger partial charge in [-0.25, -0.2) is 13.2 Å². The average Bonchev–Trinajstić information content (AvgIpc) is 3.57. The zero-order valence-corrected chi connectivity index (χ0v) is 43.8. The van der Waals surface area contributed by atoms with Gasteiger partial charge in [0, 0.05) is 10.7 Å². The lowest BCUT2D eigenvalue weighted by Gasteiger charge is -2.29. The van der Waals surface area contributed by atoms with E-state index in [9.17, 15) is 40.5 Å². The van der Waals surface area contributed by atoms with Gasteiger partial charge in [0.25, 0.3) is 0 Å². The van der Waals surface area contributed by atoms with E-state index in [-0.39, 0.29) is 33.9 Å². The van der Waals surface area contributed by atoms with Crippen molar-refractivity contribution in [2.45, 2.75) is 131 Å². The highest BCUT2D eigenvalue weighted by Crippen LogP contribution is 2.35. The molecule has 3 rings (SSSR count). The van der Waals surface area contributed by atoms with Gasteiger partial charge in [-0.2, -0.15) is 13.2 Å². The minimum atomic E-state index is -5.21. The summed E-state index contributed by atoms with van der Waals surface area (Å²) in [7, 11) is -1.13. The van der Waals surface area contributed by atoms with Crippen molar-refractivity contribution in [1.82, 2.24) is 0 Å². The number of likely N-dealkylation sites (N-methyl/N-ethyl adjacent to an activating group) is 1. The van der Waals surface area contributed by atoms with Crippen LogP contribution >= 0.6 is 67.8 Å². The predicted octanol–water partition coefficient (Wildman–Crippen LogP) is 9.45. The van der Waals surface area contributed by atoms with Crippen molar-refractivity contribution in [2.24, 2.45) is 10.8 Å². The molecule has 1 saturated carbocycles. The zero-order chi connectivity index (χ0) is 46.9. The maximum Gasteiger partial charge on any atom is 0.426 e.